The van der Waals surface area contributed by atoms with Gasteiger partial charge < -0.3 is 20.3 Å². The number of aliphatic hydroxyl groups is 2. The second-order valence-electron chi connectivity index (χ2n) is 7.07. The third kappa shape index (κ3) is 5.43. The highest BCUT2D eigenvalue weighted by Gasteiger charge is 2.30. The number of hydrogen-bond acceptors (Lipinski definition) is 5. The molecule has 0 aliphatic heterocycles. The van der Waals surface area contributed by atoms with E-state index < -0.39 is 23.7 Å². The Morgan fingerprint density at radius 1 is 1.09 bits per heavy atom. The van der Waals surface area contributed by atoms with Crippen molar-refractivity contribution >= 4 is 5.91 Å². The van der Waals surface area contributed by atoms with Crippen LogP contribution in [0.4, 0.5) is 13.2 Å². The van der Waals surface area contributed by atoms with Crippen molar-refractivity contribution in [3.63, 3.8) is 0 Å². The van der Waals surface area contributed by atoms with Crippen LogP contribution in [0.5, 0.6) is 11.6 Å². The van der Waals surface area contributed by atoms with Gasteiger partial charge in [-0.3, -0.25) is 4.79 Å². The van der Waals surface area contributed by atoms with E-state index in [1.807, 2.05) is 0 Å². The van der Waals surface area contributed by atoms with Crippen LogP contribution in [0.15, 0.2) is 60.8 Å². The van der Waals surface area contributed by atoms with Gasteiger partial charge in [0.05, 0.1) is 24.3 Å². The minimum Gasteiger partial charge on any atom is -0.438 e. The molecule has 0 radical (unpaired) electrons. The van der Waals surface area contributed by atoms with Crippen LogP contribution in [0, 0.1) is 0 Å². The van der Waals surface area contributed by atoms with Gasteiger partial charge in [0.25, 0.3) is 5.91 Å². The number of benzene rings is 2. The number of carbonyl (C=O) groups excluding carboxylic acids is 1. The van der Waals surface area contributed by atoms with E-state index in [-0.39, 0.29) is 30.4 Å². The van der Waals surface area contributed by atoms with E-state index in [1.165, 1.54) is 24.4 Å². The molecule has 2 aromatic carbocycles. The van der Waals surface area contributed by atoms with Crippen LogP contribution >= 0.6 is 0 Å². The fourth-order valence-corrected chi connectivity index (χ4v) is 2.95. The lowest BCUT2D eigenvalue weighted by Gasteiger charge is -2.16. The molecule has 1 aromatic heterocycles. The van der Waals surface area contributed by atoms with E-state index in [1.54, 1.807) is 31.2 Å². The number of pyridine rings is 1. The lowest BCUT2D eigenvalue weighted by molar-refractivity contribution is -0.137. The molecule has 0 fully saturated rings. The summed E-state index contributed by atoms with van der Waals surface area (Å²) in [5, 5.41) is 21.5. The third-order valence-electron chi connectivity index (χ3n) is 4.64. The van der Waals surface area contributed by atoms with Gasteiger partial charge >= 0.3 is 6.18 Å². The Morgan fingerprint density at radius 2 is 1.78 bits per heavy atom. The zero-order chi connectivity index (χ0) is 23.3. The quantitative estimate of drug-likeness (QED) is 0.507. The number of amides is 1. The second kappa shape index (κ2) is 9.80. The topological polar surface area (TPSA) is 91.7 Å². The summed E-state index contributed by atoms with van der Waals surface area (Å²) < 4.78 is 44.2. The minimum absolute atomic E-state index is 0.0532. The van der Waals surface area contributed by atoms with Gasteiger partial charge in [-0.2, -0.15) is 13.2 Å². The molecule has 0 aliphatic carbocycles. The maximum atomic E-state index is 12.8. The van der Waals surface area contributed by atoms with E-state index in [2.05, 4.69) is 10.3 Å². The Balaban J connectivity index is 2.02. The SMILES string of the molecule is C[C@H](CO)NC(=O)c1cnc(Oc2ccc(C(F)(F)F)cc2)c(-c2ccccc2CO)c1. The first-order valence-corrected chi connectivity index (χ1v) is 9.69. The third-order valence-corrected chi connectivity index (χ3v) is 4.64. The van der Waals surface area contributed by atoms with Crippen molar-refractivity contribution < 1.29 is 32.9 Å². The van der Waals surface area contributed by atoms with Gasteiger partial charge in [-0.05, 0) is 48.4 Å². The number of nitrogens with zero attached hydrogens (tertiary/aromatic N) is 1. The molecule has 3 aromatic rings. The van der Waals surface area contributed by atoms with Crippen molar-refractivity contribution in [2.24, 2.45) is 0 Å². The lowest BCUT2D eigenvalue weighted by atomic mass is 9.99. The van der Waals surface area contributed by atoms with Crippen molar-refractivity contribution in [2.75, 3.05) is 6.61 Å². The van der Waals surface area contributed by atoms with E-state index in [0.29, 0.717) is 16.7 Å². The smallest absolute Gasteiger partial charge is 0.416 e. The first-order chi connectivity index (χ1) is 15.2. The largest absolute Gasteiger partial charge is 0.438 e. The first kappa shape index (κ1) is 23.2. The molecule has 168 valence electrons. The van der Waals surface area contributed by atoms with Crippen molar-refractivity contribution in [1.29, 1.82) is 0 Å². The number of rotatable bonds is 7. The zero-order valence-electron chi connectivity index (χ0n) is 17.1. The Bertz CT molecular complexity index is 1090. The number of carbonyl (C=O) groups is 1. The van der Waals surface area contributed by atoms with Crippen LogP contribution in [0.2, 0.25) is 0 Å². The highest BCUT2D eigenvalue weighted by Crippen LogP contribution is 2.36. The molecule has 0 unspecified atom stereocenters. The number of aliphatic hydroxyl groups excluding tert-OH is 2. The molecular formula is C23H21F3N2O4. The van der Waals surface area contributed by atoms with Crippen LogP contribution in [-0.4, -0.2) is 33.8 Å². The Labute approximate surface area is 182 Å². The van der Waals surface area contributed by atoms with Crippen LogP contribution in [0.3, 0.4) is 0 Å². The fraction of sp³-hybridized carbons (Fsp3) is 0.217. The molecular weight excluding hydrogens is 425 g/mol. The molecule has 0 spiro atoms. The summed E-state index contributed by atoms with van der Waals surface area (Å²) in [7, 11) is 0. The summed E-state index contributed by atoms with van der Waals surface area (Å²) in [5.41, 5.74) is 0.850. The molecule has 3 N–H and O–H groups in total. The number of aromatic nitrogens is 1. The van der Waals surface area contributed by atoms with Crippen molar-refractivity contribution in [3.05, 3.63) is 77.5 Å². The summed E-state index contributed by atoms with van der Waals surface area (Å²) in [6.07, 6.45) is -3.20. The standard InChI is InChI=1S/C23H21F3N2O4/c1-14(12-29)28-21(31)16-10-20(19-5-3-2-4-15(19)13-30)22(27-11-16)32-18-8-6-17(7-9-18)23(24,25)26/h2-11,14,29-30H,12-13H2,1H3,(H,28,31)/t14-/m1/s1. The highest BCUT2D eigenvalue weighted by atomic mass is 19.4. The van der Waals surface area contributed by atoms with E-state index in [9.17, 15) is 23.1 Å². The van der Waals surface area contributed by atoms with Gasteiger partial charge in [0.2, 0.25) is 5.88 Å². The first-order valence-electron chi connectivity index (χ1n) is 9.69. The predicted molar refractivity (Wildman–Crippen MR) is 111 cm³/mol. The van der Waals surface area contributed by atoms with E-state index >= 15 is 0 Å². The molecule has 0 saturated heterocycles. The Hall–Kier alpha value is -3.43. The highest BCUT2D eigenvalue weighted by molar-refractivity contribution is 5.95. The average molecular weight is 446 g/mol. The Morgan fingerprint density at radius 3 is 2.41 bits per heavy atom. The maximum Gasteiger partial charge on any atom is 0.416 e. The number of alkyl halides is 3. The number of ether oxygens (including phenoxy) is 1. The molecule has 9 heteroatoms. The summed E-state index contributed by atoms with van der Waals surface area (Å²) >= 11 is 0. The molecule has 1 atom stereocenters. The van der Waals surface area contributed by atoms with Crippen LogP contribution < -0.4 is 10.1 Å². The van der Waals surface area contributed by atoms with Gasteiger partial charge in [-0.15, -0.1) is 0 Å². The molecule has 32 heavy (non-hydrogen) atoms. The van der Waals surface area contributed by atoms with Crippen molar-refractivity contribution in [2.45, 2.75) is 25.7 Å². The lowest BCUT2D eigenvalue weighted by Crippen LogP contribution is -2.35. The summed E-state index contributed by atoms with van der Waals surface area (Å²) in [4.78, 5) is 16.7. The molecule has 3 rings (SSSR count). The van der Waals surface area contributed by atoms with Crippen LogP contribution in [-0.2, 0) is 12.8 Å². The van der Waals surface area contributed by atoms with Gasteiger partial charge in [0.1, 0.15) is 5.75 Å². The maximum absolute atomic E-state index is 12.8. The van der Waals surface area contributed by atoms with Crippen molar-refractivity contribution in [3.8, 4) is 22.8 Å². The van der Waals surface area contributed by atoms with Gasteiger partial charge in [-0.1, -0.05) is 24.3 Å². The van der Waals surface area contributed by atoms with Gasteiger partial charge in [0.15, 0.2) is 0 Å². The second-order valence-corrected chi connectivity index (χ2v) is 7.07. The zero-order valence-corrected chi connectivity index (χ0v) is 17.1. The fourth-order valence-electron chi connectivity index (χ4n) is 2.95. The number of halogens is 3. The van der Waals surface area contributed by atoms with E-state index in [0.717, 1.165) is 12.1 Å². The number of hydrogen-bond donors (Lipinski definition) is 3. The molecule has 1 heterocycles. The summed E-state index contributed by atoms with van der Waals surface area (Å²) in [5.74, 6) is -0.292. The number of nitrogens with one attached hydrogen (secondary N) is 1. The normalized spacial score (nSPS) is 12.3. The Kier molecular flexibility index (Phi) is 7.12. The predicted octanol–water partition coefficient (Wildman–Crippen LogP) is 4.16. The molecule has 6 nitrogen and oxygen atoms in total. The molecule has 1 amide bonds. The van der Waals surface area contributed by atoms with Gasteiger partial charge in [0, 0.05) is 17.8 Å². The average Bonchev–Trinajstić information content (AvgIpc) is 2.79. The molecule has 0 aliphatic rings. The van der Waals surface area contributed by atoms with E-state index in [4.69, 9.17) is 9.84 Å². The molecule has 0 saturated carbocycles. The van der Waals surface area contributed by atoms with Crippen LogP contribution in [0.1, 0.15) is 28.4 Å². The minimum atomic E-state index is -4.47. The van der Waals surface area contributed by atoms with Gasteiger partial charge in [-0.25, -0.2) is 4.98 Å². The van der Waals surface area contributed by atoms with Crippen LogP contribution in [0.25, 0.3) is 11.1 Å². The summed E-state index contributed by atoms with van der Waals surface area (Å²) in [6, 6.07) is 12.1. The monoisotopic (exact) mass is 446 g/mol. The molecule has 0 bridgehead atoms. The summed E-state index contributed by atoms with van der Waals surface area (Å²) in [6.45, 7) is 1.11. The van der Waals surface area contributed by atoms with Crippen molar-refractivity contribution in [1.82, 2.24) is 10.3 Å².